The van der Waals surface area contributed by atoms with E-state index in [1.807, 2.05) is 43.3 Å². The van der Waals surface area contributed by atoms with Crippen LogP contribution in [0.4, 0.5) is 0 Å². The lowest BCUT2D eigenvalue weighted by molar-refractivity contribution is 0.304. The van der Waals surface area contributed by atoms with E-state index in [4.69, 9.17) is 22.1 Å². The van der Waals surface area contributed by atoms with Crippen LogP contribution in [0, 0.1) is 0 Å². The summed E-state index contributed by atoms with van der Waals surface area (Å²) in [6.45, 7) is 2.40. The molecular weight excluding hydrogens is 248 g/mol. The zero-order chi connectivity index (χ0) is 13.0. The molecule has 0 amide bonds. The average molecular weight is 263 g/mol. The molecule has 1 heterocycles. The zero-order valence-corrected chi connectivity index (χ0v) is 10.9. The van der Waals surface area contributed by atoms with E-state index in [0.29, 0.717) is 6.61 Å². The highest BCUT2D eigenvalue weighted by Crippen LogP contribution is 2.15. The van der Waals surface area contributed by atoms with Crippen LogP contribution in [0.25, 0.3) is 0 Å². The molecule has 0 fully saturated rings. The number of benzene rings is 1. The predicted molar refractivity (Wildman–Crippen MR) is 72.6 cm³/mol. The van der Waals surface area contributed by atoms with Crippen molar-refractivity contribution in [2.45, 2.75) is 19.6 Å². The molecule has 4 heteroatoms. The highest BCUT2D eigenvalue weighted by atomic mass is 35.5. The van der Waals surface area contributed by atoms with Gasteiger partial charge in [0.15, 0.2) is 0 Å². The van der Waals surface area contributed by atoms with Crippen molar-refractivity contribution in [3.63, 3.8) is 0 Å². The summed E-state index contributed by atoms with van der Waals surface area (Å²) in [4.78, 5) is 4.23. The molecule has 18 heavy (non-hydrogen) atoms. The highest BCUT2D eigenvalue weighted by Gasteiger charge is 2.01. The Morgan fingerprint density at radius 3 is 2.50 bits per heavy atom. The molecule has 1 aromatic heterocycles. The van der Waals surface area contributed by atoms with Gasteiger partial charge >= 0.3 is 0 Å². The fourth-order valence-electron chi connectivity index (χ4n) is 1.49. The Bertz CT molecular complexity index is 494. The Hall–Kier alpha value is -1.58. The number of pyridine rings is 1. The number of nitrogens with two attached hydrogens (primary N) is 1. The molecule has 3 nitrogen and oxygen atoms in total. The molecule has 0 saturated carbocycles. The number of nitrogens with zero attached hydrogens (tertiary/aromatic N) is 1. The number of hydrogen-bond acceptors (Lipinski definition) is 3. The standard InChI is InChI=1S/C14H15ClN2O/c1-10(16)14-7-6-13(8-17-14)18-9-11-2-4-12(15)5-3-11/h2-8,10H,9,16H2,1H3. The average Bonchev–Trinajstić information content (AvgIpc) is 2.38. The Morgan fingerprint density at radius 1 is 1.22 bits per heavy atom. The minimum absolute atomic E-state index is 0.0599. The Morgan fingerprint density at radius 2 is 1.94 bits per heavy atom. The van der Waals surface area contributed by atoms with E-state index >= 15 is 0 Å². The molecule has 2 rings (SSSR count). The molecule has 0 saturated heterocycles. The van der Waals surface area contributed by atoms with Gasteiger partial charge in [-0.2, -0.15) is 0 Å². The van der Waals surface area contributed by atoms with Gasteiger partial charge in [-0.25, -0.2) is 0 Å². The third-order valence-electron chi connectivity index (χ3n) is 2.54. The second-order valence-electron chi connectivity index (χ2n) is 4.12. The monoisotopic (exact) mass is 262 g/mol. The first-order chi connectivity index (χ1) is 8.65. The first kappa shape index (κ1) is 12.9. The minimum atomic E-state index is -0.0599. The lowest BCUT2D eigenvalue weighted by Crippen LogP contribution is -2.07. The summed E-state index contributed by atoms with van der Waals surface area (Å²) in [7, 11) is 0. The van der Waals surface area contributed by atoms with Crippen molar-refractivity contribution in [3.05, 3.63) is 58.9 Å². The van der Waals surface area contributed by atoms with Gasteiger partial charge in [-0.3, -0.25) is 4.98 Å². The summed E-state index contributed by atoms with van der Waals surface area (Å²) >= 11 is 5.81. The highest BCUT2D eigenvalue weighted by molar-refractivity contribution is 6.30. The fraction of sp³-hybridized carbons (Fsp3) is 0.214. The van der Waals surface area contributed by atoms with E-state index in [9.17, 15) is 0 Å². The molecule has 2 N–H and O–H groups in total. The van der Waals surface area contributed by atoms with Gasteiger partial charge in [0.1, 0.15) is 12.4 Å². The van der Waals surface area contributed by atoms with Crippen LogP contribution in [-0.4, -0.2) is 4.98 Å². The van der Waals surface area contributed by atoms with E-state index in [1.165, 1.54) is 0 Å². The van der Waals surface area contributed by atoms with Crippen molar-refractivity contribution in [2.75, 3.05) is 0 Å². The van der Waals surface area contributed by atoms with E-state index in [-0.39, 0.29) is 6.04 Å². The normalized spacial score (nSPS) is 12.2. The maximum Gasteiger partial charge on any atom is 0.138 e. The molecule has 2 aromatic rings. The number of rotatable bonds is 4. The molecular formula is C14H15ClN2O. The molecule has 0 bridgehead atoms. The van der Waals surface area contributed by atoms with Crippen molar-refractivity contribution in [1.82, 2.24) is 4.98 Å². The maximum absolute atomic E-state index is 5.81. The van der Waals surface area contributed by atoms with Crippen molar-refractivity contribution in [1.29, 1.82) is 0 Å². The quantitative estimate of drug-likeness (QED) is 0.919. The number of ether oxygens (including phenoxy) is 1. The number of halogens is 1. The van der Waals surface area contributed by atoms with Crippen LogP contribution < -0.4 is 10.5 Å². The topological polar surface area (TPSA) is 48.1 Å². The summed E-state index contributed by atoms with van der Waals surface area (Å²) in [5, 5.41) is 0.724. The van der Waals surface area contributed by atoms with E-state index in [0.717, 1.165) is 22.0 Å². The van der Waals surface area contributed by atoms with Crippen LogP contribution in [0.5, 0.6) is 5.75 Å². The maximum atomic E-state index is 5.81. The lowest BCUT2D eigenvalue weighted by Gasteiger charge is -2.08. The number of aromatic nitrogens is 1. The molecule has 1 unspecified atom stereocenters. The van der Waals surface area contributed by atoms with Crippen LogP contribution in [0.3, 0.4) is 0 Å². The second kappa shape index (κ2) is 5.85. The summed E-state index contributed by atoms with van der Waals surface area (Å²) in [5.74, 6) is 0.731. The fourth-order valence-corrected chi connectivity index (χ4v) is 1.62. The molecule has 0 spiro atoms. The summed E-state index contributed by atoms with van der Waals surface area (Å²) in [6.07, 6.45) is 1.69. The lowest BCUT2D eigenvalue weighted by atomic mass is 10.2. The first-order valence-electron chi connectivity index (χ1n) is 5.74. The smallest absolute Gasteiger partial charge is 0.138 e. The molecule has 0 aliphatic rings. The van der Waals surface area contributed by atoms with Gasteiger partial charge in [-0.15, -0.1) is 0 Å². The first-order valence-corrected chi connectivity index (χ1v) is 6.12. The minimum Gasteiger partial charge on any atom is -0.487 e. The van der Waals surface area contributed by atoms with Crippen molar-refractivity contribution >= 4 is 11.6 Å². The summed E-state index contributed by atoms with van der Waals surface area (Å²) in [6, 6.07) is 11.3. The Kier molecular flexibility index (Phi) is 4.18. The van der Waals surface area contributed by atoms with E-state index in [2.05, 4.69) is 4.98 Å². The van der Waals surface area contributed by atoms with Crippen molar-refractivity contribution in [3.8, 4) is 5.75 Å². The molecule has 1 atom stereocenters. The van der Waals surface area contributed by atoms with Gasteiger partial charge in [0.2, 0.25) is 0 Å². The Labute approximate surface area is 112 Å². The van der Waals surface area contributed by atoms with Crippen molar-refractivity contribution in [2.24, 2.45) is 5.73 Å². The Balaban J connectivity index is 1.95. The zero-order valence-electron chi connectivity index (χ0n) is 10.1. The molecule has 1 aromatic carbocycles. The van der Waals surface area contributed by atoms with E-state index in [1.54, 1.807) is 6.20 Å². The van der Waals surface area contributed by atoms with Gasteiger partial charge in [0.25, 0.3) is 0 Å². The molecule has 0 aliphatic carbocycles. The van der Waals surface area contributed by atoms with Gasteiger partial charge < -0.3 is 10.5 Å². The van der Waals surface area contributed by atoms with Gasteiger partial charge in [-0.1, -0.05) is 23.7 Å². The van der Waals surface area contributed by atoms with Crippen LogP contribution in [-0.2, 0) is 6.61 Å². The number of hydrogen-bond donors (Lipinski definition) is 1. The third-order valence-corrected chi connectivity index (χ3v) is 2.80. The molecule has 0 aliphatic heterocycles. The largest absolute Gasteiger partial charge is 0.487 e. The van der Waals surface area contributed by atoms with Gasteiger partial charge in [0.05, 0.1) is 11.9 Å². The van der Waals surface area contributed by atoms with Crippen LogP contribution in [0.1, 0.15) is 24.2 Å². The van der Waals surface area contributed by atoms with Crippen molar-refractivity contribution < 1.29 is 4.74 Å². The van der Waals surface area contributed by atoms with E-state index < -0.39 is 0 Å². The van der Waals surface area contributed by atoms with Gasteiger partial charge in [0, 0.05) is 11.1 Å². The molecule has 94 valence electrons. The SMILES string of the molecule is CC(N)c1ccc(OCc2ccc(Cl)cc2)cn1. The van der Waals surface area contributed by atoms with Crippen LogP contribution in [0.2, 0.25) is 5.02 Å². The third kappa shape index (κ3) is 3.45. The van der Waals surface area contributed by atoms with Gasteiger partial charge in [-0.05, 0) is 36.8 Å². The summed E-state index contributed by atoms with van der Waals surface area (Å²) in [5.41, 5.74) is 7.65. The van der Waals surface area contributed by atoms with Crippen LogP contribution in [0.15, 0.2) is 42.6 Å². The predicted octanol–water partition coefficient (Wildman–Crippen LogP) is 3.33. The second-order valence-corrected chi connectivity index (χ2v) is 4.56. The molecule has 0 radical (unpaired) electrons. The summed E-state index contributed by atoms with van der Waals surface area (Å²) < 4.78 is 5.62. The van der Waals surface area contributed by atoms with Crippen LogP contribution >= 0.6 is 11.6 Å².